The van der Waals surface area contributed by atoms with Gasteiger partial charge in [0.25, 0.3) is 0 Å². The molecule has 0 radical (unpaired) electrons. The number of benzene rings is 1. The summed E-state index contributed by atoms with van der Waals surface area (Å²) in [5.74, 6) is 5.42. The Balaban J connectivity index is 2.81. The highest BCUT2D eigenvalue weighted by molar-refractivity contribution is 9.18. The molecule has 1 N–H and O–H groups in total. The molecule has 0 saturated heterocycles. The highest BCUT2D eigenvalue weighted by Gasteiger charge is 1.84. The molecule has 2 nitrogen and oxygen atoms in total. The van der Waals surface area contributed by atoms with E-state index in [1.54, 1.807) is 0 Å². The molecule has 0 saturated carbocycles. The van der Waals surface area contributed by atoms with Crippen molar-refractivity contribution in [3.05, 3.63) is 35.9 Å². The van der Waals surface area contributed by atoms with Gasteiger partial charge in [-0.15, -0.1) is 0 Å². The maximum absolute atomic E-state index is 8.25. The zero-order valence-electron chi connectivity index (χ0n) is 6.16. The van der Waals surface area contributed by atoms with Crippen molar-refractivity contribution in [1.29, 1.82) is 0 Å². The highest BCUT2D eigenvalue weighted by Crippen LogP contribution is 1.95. The Labute approximate surface area is 79.0 Å². The molecule has 0 amide bonds. The third-order valence-electron chi connectivity index (χ3n) is 1.17. The van der Waals surface area contributed by atoms with Crippen LogP contribution in [-0.2, 0) is 0 Å². The molecule has 0 bridgehead atoms. The smallest absolute Gasteiger partial charge is 0.195 e. The van der Waals surface area contributed by atoms with Crippen LogP contribution in [0.4, 0.5) is 0 Å². The number of rotatable bonds is 0. The average Bonchev–Trinajstić information content (AvgIpc) is 2.16. The summed E-state index contributed by atoms with van der Waals surface area (Å²) in [5.41, 5.74) is 0.887. The molecule has 3 heteroatoms. The van der Waals surface area contributed by atoms with Gasteiger partial charge in [-0.3, -0.25) is 0 Å². The van der Waals surface area contributed by atoms with Gasteiger partial charge in [0.1, 0.15) is 0 Å². The summed E-state index contributed by atoms with van der Waals surface area (Å²) in [5, 5.41) is 11.1. The molecule has 60 valence electrons. The first-order valence-corrected chi connectivity index (χ1v) is 4.07. The number of halogens is 1. The van der Waals surface area contributed by atoms with Gasteiger partial charge in [0, 0.05) is 5.56 Å². The molecule has 0 fully saturated rings. The lowest BCUT2D eigenvalue weighted by atomic mass is 10.2. The van der Waals surface area contributed by atoms with Gasteiger partial charge in [-0.25, -0.2) is 0 Å². The molecule has 0 aromatic heterocycles. The molecule has 0 spiro atoms. The van der Waals surface area contributed by atoms with E-state index < -0.39 is 0 Å². The van der Waals surface area contributed by atoms with Gasteiger partial charge in [0.2, 0.25) is 0 Å². The summed E-state index contributed by atoms with van der Waals surface area (Å²) in [6.45, 7) is 0. The van der Waals surface area contributed by atoms with Crippen LogP contribution >= 0.6 is 15.9 Å². The Hall–Kier alpha value is -1.27. The molecule has 1 rings (SSSR count). The van der Waals surface area contributed by atoms with Crippen LogP contribution in [0, 0.1) is 11.8 Å². The van der Waals surface area contributed by atoms with Gasteiger partial charge >= 0.3 is 0 Å². The summed E-state index contributed by atoms with van der Waals surface area (Å²) in [4.78, 5) is 0. The lowest BCUT2D eigenvalue weighted by molar-refractivity contribution is 0.321. The van der Waals surface area contributed by atoms with Crippen LogP contribution in [0.2, 0.25) is 0 Å². The molecule has 0 atom stereocenters. The van der Waals surface area contributed by atoms with Gasteiger partial charge in [0.15, 0.2) is 4.62 Å². The molecular weight excluding hydrogens is 218 g/mol. The Morgan fingerprint density at radius 1 is 1.33 bits per heavy atom. The van der Waals surface area contributed by atoms with E-state index >= 15 is 0 Å². The normalized spacial score (nSPS) is 10.2. The second kappa shape index (κ2) is 4.58. The fourth-order valence-corrected chi connectivity index (χ4v) is 0.769. The molecule has 0 heterocycles. The molecule has 0 aliphatic carbocycles. The summed E-state index contributed by atoms with van der Waals surface area (Å²) in [6, 6.07) is 9.47. The predicted octanol–water partition coefficient (Wildman–Crippen LogP) is 2.22. The molecule has 0 unspecified atom stereocenters. The second-order valence-corrected chi connectivity index (χ2v) is 2.76. The van der Waals surface area contributed by atoms with Gasteiger partial charge in [-0.05, 0) is 34.0 Å². The highest BCUT2D eigenvalue weighted by atomic mass is 79.9. The average molecular weight is 224 g/mol. The van der Waals surface area contributed by atoms with Crippen molar-refractivity contribution in [1.82, 2.24) is 0 Å². The summed E-state index contributed by atoms with van der Waals surface area (Å²) >= 11 is 2.96. The monoisotopic (exact) mass is 223 g/mol. The van der Waals surface area contributed by atoms with Crippen molar-refractivity contribution < 1.29 is 5.21 Å². The minimum Gasteiger partial charge on any atom is -0.409 e. The first-order valence-electron chi connectivity index (χ1n) is 3.27. The Kier molecular flexibility index (Phi) is 3.36. The molecule has 0 aliphatic heterocycles. The van der Waals surface area contributed by atoms with E-state index in [-0.39, 0.29) is 4.62 Å². The van der Waals surface area contributed by atoms with Crippen LogP contribution in [0.3, 0.4) is 0 Å². The Bertz CT molecular complexity index is 335. The van der Waals surface area contributed by atoms with Gasteiger partial charge in [-0.1, -0.05) is 29.3 Å². The van der Waals surface area contributed by atoms with E-state index in [1.807, 2.05) is 30.3 Å². The first kappa shape index (κ1) is 8.82. The quantitative estimate of drug-likeness (QED) is 0.311. The largest absolute Gasteiger partial charge is 0.409 e. The number of hydrogen-bond acceptors (Lipinski definition) is 2. The van der Waals surface area contributed by atoms with E-state index in [1.165, 1.54) is 0 Å². The zero-order valence-corrected chi connectivity index (χ0v) is 7.75. The lowest BCUT2D eigenvalue weighted by Gasteiger charge is -1.84. The first-order chi connectivity index (χ1) is 5.83. The molecular formula is C9H6BrNO. The standard InChI is InChI=1S/C9H6BrNO/c10-9(11-12)7-6-8-4-2-1-3-5-8/h1-5,12H/b11-9+. The topological polar surface area (TPSA) is 32.6 Å². The summed E-state index contributed by atoms with van der Waals surface area (Å²) in [6.07, 6.45) is 0. The van der Waals surface area contributed by atoms with Crippen molar-refractivity contribution in [2.24, 2.45) is 5.16 Å². The van der Waals surface area contributed by atoms with Gasteiger partial charge in [0.05, 0.1) is 0 Å². The van der Waals surface area contributed by atoms with E-state index in [0.29, 0.717) is 0 Å². The van der Waals surface area contributed by atoms with E-state index in [0.717, 1.165) is 5.56 Å². The molecule has 0 aliphatic rings. The third kappa shape index (κ3) is 2.77. The maximum atomic E-state index is 8.25. The zero-order chi connectivity index (χ0) is 8.81. The van der Waals surface area contributed by atoms with Gasteiger partial charge in [-0.2, -0.15) is 0 Å². The molecule has 12 heavy (non-hydrogen) atoms. The SMILES string of the molecule is O/N=C(/Br)C#Cc1ccccc1. The van der Waals surface area contributed by atoms with E-state index in [4.69, 9.17) is 5.21 Å². The fourth-order valence-electron chi connectivity index (χ4n) is 0.670. The third-order valence-corrected chi connectivity index (χ3v) is 1.53. The second-order valence-electron chi connectivity index (χ2n) is 2.01. The van der Waals surface area contributed by atoms with Crippen LogP contribution in [0.1, 0.15) is 5.56 Å². The van der Waals surface area contributed by atoms with Crippen LogP contribution in [-0.4, -0.2) is 9.83 Å². The van der Waals surface area contributed by atoms with Gasteiger partial charge < -0.3 is 5.21 Å². The van der Waals surface area contributed by atoms with Crippen LogP contribution in [0.15, 0.2) is 35.5 Å². The number of hydrogen-bond donors (Lipinski definition) is 1. The Morgan fingerprint density at radius 3 is 2.58 bits per heavy atom. The van der Waals surface area contributed by atoms with Crippen LogP contribution in [0.5, 0.6) is 0 Å². The summed E-state index contributed by atoms with van der Waals surface area (Å²) in [7, 11) is 0. The molecule has 1 aromatic carbocycles. The van der Waals surface area contributed by atoms with Crippen LogP contribution < -0.4 is 0 Å². The van der Waals surface area contributed by atoms with Crippen molar-refractivity contribution in [3.8, 4) is 11.8 Å². The minimum absolute atomic E-state index is 0.228. The number of oxime groups is 1. The van der Waals surface area contributed by atoms with E-state index in [9.17, 15) is 0 Å². The van der Waals surface area contributed by atoms with Crippen LogP contribution in [0.25, 0.3) is 0 Å². The predicted molar refractivity (Wildman–Crippen MR) is 51.5 cm³/mol. The maximum Gasteiger partial charge on any atom is 0.195 e. The van der Waals surface area contributed by atoms with Crippen molar-refractivity contribution in [3.63, 3.8) is 0 Å². The lowest BCUT2D eigenvalue weighted by Crippen LogP contribution is -1.78. The number of nitrogens with zero attached hydrogens (tertiary/aromatic N) is 1. The van der Waals surface area contributed by atoms with E-state index in [2.05, 4.69) is 32.9 Å². The fraction of sp³-hybridized carbons (Fsp3) is 0. The van der Waals surface area contributed by atoms with Crippen molar-refractivity contribution in [2.75, 3.05) is 0 Å². The molecule has 1 aromatic rings. The van der Waals surface area contributed by atoms with Crippen molar-refractivity contribution in [2.45, 2.75) is 0 Å². The summed E-state index contributed by atoms with van der Waals surface area (Å²) < 4.78 is 0.228. The Morgan fingerprint density at radius 2 is 2.00 bits per heavy atom. The van der Waals surface area contributed by atoms with Crippen molar-refractivity contribution >= 4 is 20.6 Å². The minimum atomic E-state index is 0.228.